The molecule has 0 fully saturated rings. The molecule has 0 spiro atoms. The van der Waals surface area contributed by atoms with Crippen LogP contribution in [0.2, 0.25) is 0 Å². The maximum Gasteiger partial charge on any atom is 0.159 e. The van der Waals surface area contributed by atoms with E-state index in [2.05, 4.69) is 15.3 Å². The average Bonchev–Trinajstić information content (AvgIpc) is 2.41. The molecule has 1 unspecified atom stereocenters. The number of benzene rings is 1. The van der Waals surface area contributed by atoms with Gasteiger partial charge in [-0.2, -0.15) is 0 Å². The lowest BCUT2D eigenvalue weighted by molar-refractivity contribution is 0.500. The van der Waals surface area contributed by atoms with Crippen molar-refractivity contribution in [3.63, 3.8) is 0 Å². The first-order valence-electron chi connectivity index (χ1n) is 6.02. The van der Waals surface area contributed by atoms with Gasteiger partial charge in [-0.3, -0.25) is 9.97 Å². The van der Waals surface area contributed by atoms with Gasteiger partial charge in [0.1, 0.15) is 0 Å². The molecule has 3 nitrogen and oxygen atoms in total. The van der Waals surface area contributed by atoms with E-state index in [4.69, 9.17) is 0 Å². The van der Waals surface area contributed by atoms with Gasteiger partial charge < -0.3 is 5.32 Å². The number of aromatic nitrogens is 2. The fourth-order valence-electron chi connectivity index (χ4n) is 1.67. The Morgan fingerprint density at radius 2 is 1.95 bits per heavy atom. The standard InChI is InChI=1S/C14H15F2N3/c1-9-6-19-12(7-17-9)8-18-10(2)11-3-4-13(15)14(16)5-11/h3-7,10,18H,8H2,1-2H3. The van der Waals surface area contributed by atoms with E-state index < -0.39 is 11.6 Å². The molecule has 0 radical (unpaired) electrons. The third-order valence-electron chi connectivity index (χ3n) is 2.87. The molecule has 5 heteroatoms. The molecule has 0 amide bonds. The van der Waals surface area contributed by atoms with Crippen molar-refractivity contribution in [3.05, 3.63) is 59.2 Å². The molecule has 0 aliphatic heterocycles. The SMILES string of the molecule is Cc1cnc(CNC(C)c2ccc(F)c(F)c2)cn1. The number of hydrogen-bond donors (Lipinski definition) is 1. The Bertz CT molecular complexity index is 555. The van der Waals surface area contributed by atoms with Crippen molar-refractivity contribution in [1.82, 2.24) is 15.3 Å². The number of aryl methyl sites for hydroxylation is 1. The van der Waals surface area contributed by atoms with Gasteiger partial charge in [0.15, 0.2) is 11.6 Å². The summed E-state index contributed by atoms with van der Waals surface area (Å²) in [7, 11) is 0. The summed E-state index contributed by atoms with van der Waals surface area (Å²) in [6.45, 7) is 4.27. The number of rotatable bonds is 4. The van der Waals surface area contributed by atoms with Crippen molar-refractivity contribution in [2.45, 2.75) is 26.4 Å². The molecule has 0 saturated heterocycles. The molecule has 1 aromatic heterocycles. The van der Waals surface area contributed by atoms with E-state index in [-0.39, 0.29) is 6.04 Å². The molecule has 19 heavy (non-hydrogen) atoms. The van der Waals surface area contributed by atoms with Gasteiger partial charge in [0.25, 0.3) is 0 Å². The van der Waals surface area contributed by atoms with Crippen LogP contribution < -0.4 is 5.32 Å². The maximum absolute atomic E-state index is 13.1. The summed E-state index contributed by atoms with van der Waals surface area (Å²) in [4.78, 5) is 8.36. The minimum atomic E-state index is -0.833. The molecular formula is C14H15F2N3. The Balaban J connectivity index is 1.98. The van der Waals surface area contributed by atoms with E-state index in [1.165, 1.54) is 6.07 Å². The van der Waals surface area contributed by atoms with Gasteiger partial charge in [-0.25, -0.2) is 8.78 Å². The predicted octanol–water partition coefficient (Wildman–Crippen LogP) is 2.91. The molecule has 0 bridgehead atoms. The van der Waals surface area contributed by atoms with Gasteiger partial charge in [0, 0.05) is 25.0 Å². The fraction of sp³-hybridized carbons (Fsp3) is 0.286. The van der Waals surface area contributed by atoms with Gasteiger partial charge in [-0.1, -0.05) is 6.07 Å². The van der Waals surface area contributed by atoms with Crippen LogP contribution in [0, 0.1) is 18.6 Å². The first kappa shape index (κ1) is 13.5. The third kappa shape index (κ3) is 3.54. The van der Waals surface area contributed by atoms with Crippen LogP contribution in [-0.4, -0.2) is 9.97 Å². The number of hydrogen-bond acceptors (Lipinski definition) is 3. The van der Waals surface area contributed by atoms with Crippen LogP contribution in [0.25, 0.3) is 0 Å². The lowest BCUT2D eigenvalue weighted by atomic mass is 10.1. The molecule has 1 N–H and O–H groups in total. The second-order valence-corrected chi connectivity index (χ2v) is 4.43. The second-order valence-electron chi connectivity index (χ2n) is 4.43. The van der Waals surface area contributed by atoms with Crippen molar-refractivity contribution >= 4 is 0 Å². The van der Waals surface area contributed by atoms with E-state index >= 15 is 0 Å². The molecule has 0 aliphatic carbocycles. The maximum atomic E-state index is 13.1. The zero-order chi connectivity index (χ0) is 13.8. The lowest BCUT2D eigenvalue weighted by Crippen LogP contribution is -2.19. The van der Waals surface area contributed by atoms with Crippen LogP contribution in [0.5, 0.6) is 0 Å². The monoisotopic (exact) mass is 263 g/mol. The summed E-state index contributed by atoms with van der Waals surface area (Å²) >= 11 is 0. The van der Waals surface area contributed by atoms with Crippen LogP contribution in [-0.2, 0) is 6.54 Å². The highest BCUT2D eigenvalue weighted by atomic mass is 19.2. The van der Waals surface area contributed by atoms with Crippen LogP contribution in [0.3, 0.4) is 0 Å². The van der Waals surface area contributed by atoms with Crippen LogP contribution in [0.15, 0.2) is 30.6 Å². The van der Waals surface area contributed by atoms with Gasteiger partial charge >= 0.3 is 0 Å². The summed E-state index contributed by atoms with van der Waals surface area (Å²) in [6, 6.07) is 3.80. The smallest absolute Gasteiger partial charge is 0.159 e. The number of nitrogens with zero attached hydrogens (tertiary/aromatic N) is 2. The Morgan fingerprint density at radius 1 is 1.16 bits per heavy atom. The molecule has 1 aromatic carbocycles. The van der Waals surface area contributed by atoms with E-state index in [1.807, 2.05) is 13.8 Å². The van der Waals surface area contributed by atoms with E-state index in [1.54, 1.807) is 18.5 Å². The molecule has 2 rings (SSSR count). The fourth-order valence-corrected chi connectivity index (χ4v) is 1.67. The molecular weight excluding hydrogens is 248 g/mol. The predicted molar refractivity (Wildman–Crippen MR) is 68.4 cm³/mol. The van der Waals surface area contributed by atoms with Crippen molar-refractivity contribution < 1.29 is 8.78 Å². The first-order chi connectivity index (χ1) is 9.06. The number of halogens is 2. The summed E-state index contributed by atoms with van der Waals surface area (Å²) in [5, 5.41) is 3.19. The van der Waals surface area contributed by atoms with Crippen molar-refractivity contribution in [3.8, 4) is 0 Å². The van der Waals surface area contributed by atoms with Crippen LogP contribution in [0.4, 0.5) is 8.78 Å². The van der Waals surface area contributed by atoms with Gasteiger partial charge in [-0.05, 0) is 31.5 Å². The Labute approximate surface area is 110 Å². The van der Waals surface area contributed by atoms with Gasteiger partial charge in [0.2, 0.25) is 0 Å². The number of nitrogens with one attached hydrogen (secondary N) is 1. The molecule has 2 aromatic rings. The molecule has 1 heterocycles. The lowest BCUT2D eigenvalue weighted by Gasteiger charge is -2.14. The van der Waals surface area contributed by atoms with E-state index in [0.717, 1.165) is 17.5 Å². The zero-order valence-electron chi connectivity index (χ0n) is 10.8. The van der Waals surface area contributed by atoms with E-state index in [0.29, 0.717) is 12.1 Å². The summed E-state index contributed by atoms with van der Waals surface area (Å²) in [6.07, 6.45) is 3.39. The van der Waals surface area contributed by atoms with Gasteiger partial charge in [-0.15, -0.1) is 0 Å². The Kier molecular flexibility index (Phi) is 4.16. The minimum absolute atomic E-state index is 0.0989. The average molecular weight is 263 g/mol. The minimum Gasteiger partial charge on any atom is -0.305 e. The van der Waals surface area contributed by atoms with E-state index in [9.17, 15) is 8.78 Å². The van der Waals surface area contributed by atoms with Crippen molar-refractivity contribution in [1.29, 1.82) is 0 Å². The Hall–Kier alpha value is -1.88. The van der Waals surface area contributed by atoms with Gasteiger partial charge in [0.05, 0.1) is 11.4 Å². The largest absolute Gasteiger partial charge is 0.305 e. The highest BCUT2D eigenvalue weighted by molar-refractivity contribution is 5.20. The first-order valence-corrected chi connectivity index (χ1v) is 6.02. The Morgan fingerprint density at radius 3 is 2.58 bits per heavy atom. The highest BCUT2D eigenvalue weighted by Gasteiger charge is 2.09. The molecule has 0 saturated carbocycles. The van der Waals surface area contributed by atoms with Crippen molar-refractivity contribution in [2.24, 2.45) is 0 Å². The molecule has 100 valence electrons. The van der Waals surface area contributed by atoms with Crippen LogP contribution >= 0.6 is 0 Å². The summed E-state index contributed by atoms with van der Waals surface area (Å²) in [5.74, 6) is -1.67. The third-order valence-corrected chi connectivity index (χ3v) is 2.87. The second kappa shape index (κ2) is 5.84. The van der Waals surface area contributed by atoms with Crippen molar-refractivity contribution in [2.75, 3.05) is 0 Å². The quantitative estimate of drug-likeness (QED) is 0.921. The molecule has 1 atom stereocenters. The highest BCUT2D eigenvalue weighted by Crippen LogP contribution is 2.16. The van der Waals surface area contributed by atoms with Crippen LogP contribution in [0.1, 0.15) is 29.9 Å². The summed E-state index contributed by atoms with van der Waals surface area (Å²) in [5.41, 5.74) is 2.36. The topological polar surface area (TPSA) is 37.8 Å². The molecule has 0 aliphatic rings. The zero-order valence-corrected chi connectivity index (χ0v) is 10.8. The summed E-state index contributed by atoms with van der Waals surface area (Å²) < 4.78 is 26.0. The normalized spacial score (nSPS) is 12.4.